The molecule has 1 aliphatic rings. The highest BCUT2D eigenvalue weighted by Gasteiger charge is 2.29. The Labute approximate surface area is 166 Å². The number of benzene rings is 2. The first kappa shape index (κ1) is 19.3. The first-order chi connectivity index (χ1) is 13.8. The molecule has 0 radical (unpaired) electrons. The maximum atomic E-state index is 13.8. The Morgan fingerprint density at radius 2 is 1.90 bits per heavy atom. The number of anilines is 2. The van der Waals surface area contributed by atoms with Gasteiger partial charge < -0.3 is 10.0 Å². The Kier molecular flexibility index (Phi) is 4.75. The number of rotatable bonds is 6. The molecule has 0 bridgehead atoms. The second-order valence-electron chi connectivity index (χ2n) is 6.85. The van der Waals surface area contributed by atoms with Crippen LogP contribution in [0, 0.1) is 5.82 Å². The van der Waals surface area contributed by atoms with E-state index >= 15 is 0 Å². The molecule has 0 aliphatic carbocycles. The van der Waals surface area contributed by atoms with Crippen molar-refractivity contribution in [2.24, 2.45) is 0 Å². The number of hydrogen-bond acceptors (Lipinski definition) is 5. The molecule has 2 heterocycles. The molecule has 1 aliphatic heterocycles. The molecule has 10 heteroatoms. The topological polar surface area (TPSA) is 95.7 Å². The molecular weight excluding hydrogens is 399 g/mol. The maximum absolute atomic E-state index is 13.8. The minimum Gasteiger partial charge on any atom is -0.480 e. The van der Waals surface area contributed by atoms with Crippen LogP contribution in [0.15, 0.2) is 47.4 Å². The van der Waals surface area contributed by atoms with Crippen LogP contribution in [0.2, 0.25) is 0 Å². The number of halogens is 1. The molecule has 4 rings (SSSR count). The van der Waals surface area contributed by atoms with Crippen LogP contribution in [0.3, 0.4) is 0 Å². The SMILES string of the molecule is CN(c1ccc(S(=O)(=O)N2CCC2)cc1)c1nn(CC(=O)O)c2ccc(F)cc12. The summed E-state index contributed by atoms with van der Waals surface area (Å²) in [7, 11) is -1.77. The largest absolute Gasteiger partial charge is 0.480 e. The third-order valence-corrected chi connectivity index (χ3v) is 6.89. The lowest BCUT2D eigenvalue weighted by Crippen LogP contribution is -2.41. The standard InChI is InChI=1S/C19H19FN4O4S/c1-22(14-4-6-15(7-5-14)29(27,28)23-9-2-10-23)19-16-11-13(20)3-8-17(16)24(21-19)12-18(25)26/h3-8,11H,2,9-10,12H2,1H3,(H,25,26). The van der Waals surface area contributed by atoms with Crippen molar-refractivity contribution in [3.8, 4) is 0 Å². The minimum atomic E-state index is -3.48. The summed E-state index contributed by atoms with van der Waals surface area (Å²) in [6.45, 7) is 0.702. The van der Waals surface area contributed by atoms with Gasteiger partial charge in [0.15, 0.2) is 5.82 Å². The van der Waals surface area contributed by atoms with E-state index in [9.17, 15) is 17.6 Å². The van der Waals surface area contributed by atoms with E-state index in [1.807, 2.05) is 0 Å². The summed E-state index contributed by atoms with van der Waals surface area (Å²) < 4.78 is 41.5. The molecule has 29 heavy (non-hydrogen) atoms. The first-order valence-corrected chi connectivity index (χ1v) is 10.4. The van der Waals surface area contributed by atoms with Crippen LogP contribution < -0.4 is 4.90 Å². The predicted molar refractivity (Wildman–Crippen MR) is 105 cm³/mol. The van der Waals surface area contributed by atoms with Crippen LogP contribution in [-0.4, -0.2) is 53.7 Å². The van der Waals surface area contributed by atoms with Crippen LogP contribution in [0.4, 0.5) is 15.9 Å². The Hall–Kier alpha value is -2.98. The molecule has 2 aromatic carbocycles. The summed E-state index contributed by atoms with van der Waals surface area (Å²) in [6.07, 6.45) is 0.864. The lowest BCUT2D eigenvalue weighted by molar-refractivity contribution is -0.137. The van der Waals surface area contributed by atoms with E-state index in [-0.39, 0.29) is 11.4 Å². The van der Waals surface area contributed by atoms with Gasteiger partial charge in [-0.15, -0.1) is 0 Å². The van der Waals surface area contributed by atoms with Crippen LogP contribution in [0.1, 0.15) is 6.42 Å². The number of carboxylic acids is 1. The van der Waals surface area contributed by atoms with Crippen LogP contribution in [0.25, 0.3) is 10.9 Å². The summed E-state index contributed by atoms with van der Waals surface area (Å²) in [5.74, 6) is -1.15. The fourth-order valence-electron chi connectivity index (χ4n) is 3.27. The summed E-state index contributed by atoms with van der Waals surface area (Å²) in [5.41, 5.74) is 1.13. The van der Waals surface area contributed by atoms with Crippen molar-refractivity contribution in [1.82, 2.24) is 14.1 Å². The number of hydrogen-bond donors (Lipinski definition) is 1. The van der Waals surface area contributed by atoms with E-state index in [1.54, 1.807) is 24.1 Å². The van der Waals surface area contributed by atoms with Gasteiger partial charge in [0.1, 0.15) is 12.4 Å². The Balaban J connectivity index is 1.71. The molecule has 0 amide bonds. The number of aromatic nitrogens is 2. The third kappa shape index (κ3) is 3.45. The van der Waals surface area contributed by atoms with Crippen molar-refractivity contribution >= 4 is 38.4 Å². The van der Waals surface area contributed by atoms with Gasteiger partial charge >= 0.3 is 5.97 Å². The monoisotopic (exact) mass is 418 g/mol. The third-order valence-electron chi connectivity index (χ3n) is 4.97. The van der Waals surface area contributed by atoms with E-state index in [0.717, 1.165) is 6.42 Å². The maximum Gasteiger partial charge on any atom is 0.325 e. The van der Waals surface area contributed by atoms with Gasteiger partial charge in [-0.3, -0.25) is 9.48 Å². The molecule has 0 unspecified atom stereocenters. The van der Waals surface area contributed by atoms with Crippen molar-refractivity contribution in [3.05, 3.63) is 48.3 Å². The minimum absolute atomic E-state index is 0.210. The summed E-state index contributed by atoms with van der Waals surface area (Å²) in [5, 5.41) is 13.9. The second kappa shape index (κ2) is 7.12. The van der Waals surface area contributed by atoms with Gasteiger partial charge in [0.2, 0.25) is 10.0 Å². The summed E-state index contributed by atoms with van der Waals surface area (Å²) in [6, 6.07) is 10.4. The van der Waals surface area contributed by atoms with Gasteiger partial charge in [-0.2, -0.15) is 9.40 Å². The molecule has 1 aromatic heterocycles. The molecular formula is C19H19FN4O4S. The second-order valence-corrected chi connectivity index (χ2v) is 8.78. The van der Waals surface area contributed by atoms with Crippen molar-refractivity contribution < 1.29 is 22.7 Å². The molecule has 3 aromatic rings. The number of aliphatic carboxylic acids is 1. The molecule has 1 N–H and O–H groups in total. The molecule has 0 saturated carbocycles. The number of fused-ring (bicyclic) bond motifs is 1. The highest BCUT2D eigenvalue weighted by Crippen LogP contribution is 2.32. The van der Waals surface area contributed by atoms with E-state index in [4.69, 9.17) is 5.11 Å². The zero-order chi connectivity index (χ0) is 20.8. The van der Waals surface area contributed by atoms with Gasteiger partial charge in [0, 0.05) is 31.2 Å². The van der Waals surface area contributed by atoms with Gasteiger partial charge in [-0.05, 0) is 48.9 Å². The van der Waals surface area contributed by atoms with Crippen molar-refractivity contribution in [1.29, 1.82) is 0 Å². The molecule has 1 saturated heterocycles. The van der Waals surface area contributed by atoms with Crippen LogP contribution in [0.5, 0.6) is 0 Å². The highest BCUT2D eigenvalue weighted by molar-refractivity contribution is 7.89. The van der Waals surface area contributed by atoms with Gasteiger partial charge in [-0.25, -0.2) is 12.8 Å². The number of sulfonamides is 1. The van der Waals surface area contributed by atoms with Gasteiger partial charge in [-0.1, -0.05) is 0 Å². The average Bonchev–Trinajstić information content (AvgIpc) is 2.96. The number of carboxylic acid groups (broad SMARTS) is 1. The fraction of sp³-hybridized carbons (Fsp3) is 0.263. The lowest BCUT2D eigenvalue weighted by Gasteiger charge is -2.29. The zero-order valence-corrected chi connectivity index (χ0v) is 16.4. The van der Waals surface area contributed by atoms with Gasteiger partial charge in [0.25, 0.3) is 0 Å². The molecule has 8 nitrogen and oxygen atoms in total. The fourth-order valence-corrected chi connectivity index (χ4v) is 4.79. The smallest absolute Gasteiger partial charge is 0.325 e. The number of nitrogens with zero attached hydrogens (tertiary/aromatic N) is 4. The van der Waals surface area contributed by atoms with E-state index in [0.29, 0.717) is 35.5 Å². The van der Waals surface area contributed by atoms with E-state index < -0.39 is 21.8 Å². The van der Waals surface area contributed by atoms with Crippen LogP contribution >= 0.6 is 0 Å². The molecule has 0 spiro atoms. The normalized spacial score (nSPS) is 14.7. The first-order valence-electron chi connectivity index (χ1n) is 8.99. The summed E-state index contributed by atoms with van der Waals surface area (Å²) in [4.78, 5) is 13.0. The summed E-state index contributed by atoms with van der Waals surface area (Å²) >= 11 is 0. The molecule has 1 fully saturated rings. The average molecular weight is 418 g/mol. The molecule has 152 valence electrons. The van der Waals surface area contributed by atoms with Gasteiger partial charge in [0.05, 0.1) is 10.4 Å². The van der Waals surface area contributed by atoms with Crippen molar-refractivity contribution in [3.63, 3.8) is 0 Å². The van der Waals surface area contributed by atoms with Crippen molar-refractivity contribution in [2.45, 2.75) is 17.9 Å². The zero-order valence-electron chi connectivity index (χ0n) is 15.6. The predicted octanol–water partition coefficient (Wildman–Crippen LogP) is 2.42. The number of carbonyl (C=O) groups is 1. The van der Waals surface area contributed by atoms with Crippen molar-refractivity contribution in [2.75, 3.05) is 25.0 Å². The highest BCUT2D eigenvalue weighted by atomic mass is 32.2. The Bertz CT molecular complexity index is 1190. The molecule has 0 atom stereocenters. The Morgan fingerprint density at radius 3 is 2.48 bits per heavy atom. The van der Waals surface area contributed by atoms with E-state index in [1.165, 1.54) is 39.3 Å². The Morgan fingerprint density at radius 1 is 1.21 bits per heavy atom. The van der Waals surface area contributed by atoms with E-state index in [2.05, 4.69) is 5.10 Å². The van der Waals surface area contributed by atoms with Crippen LogP contribution in [-0.2, 0) is 21.4 Å². The lowest BCUT2D eigenvalue weighted by atomic mass is 10.2. The quantitative estimate of drug-likeness (QED) is 0.661.